The Hall–Kier alpha value is -3.33. The van der Waals surface area contributed by atoms with Crippen LogP contribution in [0.3, 0.4) is 0 Å². The molecule has 1 aliphatic heterocycles. The number of nitrogens with zero attached hydrogens (tertiary/aromatic N) is 8. The van der Waals surface area contributed by atoms with Gasteiger partial charge in [-0.15, -0.1) is 23.2 Å². The van der Waals surface area contributed by atoms with E-state index in [0.29, 0.717) is 0 Å². The van der Waals surface area contributed by atoms with E-state index in [0.717, 1.165) is 30.6 Å². The quantitative estimate of drug-likeness (QED) is 0.0971. The van der Waals surface area contributed by atoms with Crippen LogP contribution in [0.2, 0.25) is 0 Å². The standard InChI is InChI=1S/C17H14F3N8O2S/c1-21-14-15(22-2)28(4)16(23-14)25-24-11-8-10-6-5-7-27(3)13(10)9-12(11)26-31-30-29-17(18,19)20/h8-9H,5-7H2,3-4H3/q-1. The summed E-state index contributed by atoms with van der Waals surface area (Å²) in [6, 6.07) is 3.40. The van der Waals surface area contributed by atoms with Crippen molar-refractivity contribution in [2.24, 2.45) is 17.3 Å². The van der Waals surface area contributed by atoms with Gasteiger partial charge in [0.1, 0.15) is 0 Å². The normalized spacial score (nSPS) is 13.7. The fourth-order valence-corrected chi connectivity index (χ4v) is 3.27. The highest BCUT2D eigenvalue weighted by molar-refractivity contribution is 7.97. The van der Waals surface area contributed by atoms with E-state index < -0.39 is 6.36 Å². The molecule has 1 aliphatic rings. The number of aryl methyl sites for hydroxylation is 1. The molecule has 0 saturated heterocycles. The number of hydrogen-bond acceptors (Lipinski definition) is 7. The van der Waals surface area contributed by atoms with Crippen LogP contribution in [0, 0.1) is 13.1 Å². The summed E-state index contributed by atoms with van der Waals surface area (Å²) in [5, 5.41) is 8.12. The highest BCUT2D eigenvalue weighted by Crippen LogP contribution is 2.44. The van der Waals surface area contributed by atoms with Crippen LogP contribution in [0.25, 0.3) is 14.4 Å². The number of alkyl halides is 3. The van der Waals surface area contributed by atoms with E-state index in [1.165, 1.54) is 11.6 Å². The Kier molecular flexibility index (Phi) is 6.65. The Labute approximate surface area is 179 Å². The number of imidazole rings is 1. The number of fused-ring (bicyclic) bond motifs is 1. The first-order valence-corrected chi connectivity index (χ1v) is 9.34. The lowest BCUT2D eigenvalue weighted by Gasteiger charge is -2.31. The van der Waals surface area contributed by atoms with Gasteiger partial charge in [-0.1, -0.05) is 47.2 Å². The van der Waals surface area contributed by atoms with Crippen LogP contribution in [0.5, 0.6) is 0 Å². The zero-order chi connectivity index (χ0) is 22.6. The Morgan fingerprint density at radius 1 is 1.23 bits per heavy atom. The molecule has 10 nitrogen and oxygen atoms in total. The molecule has 31 heavy (non-hydrogen) atoms. The van der Waals surface area contributed by atoms with Gasteiger partial charge in [0.25, 0.3) is 11.6 Å². The molecule has 0 spiro atoms. The van der Waals surface area contributed by atoms with Crippen LogP contribution in [-0.4, -0.2) is 29.5 Å². The van der Waals surface area contributed by atoms with Crippen molar-refractivity contribution in [1.82, 2.24) is 9.55 Å². The molecule has 0 radical (unpaired) electrons. The maximum Gasteiger partial charge on any atom is 0.550 e. The van der Waals surface area contributed by atoms with E-state index in [4.69, 9.17) is 13.1 Å². The molecule has 1 aromatic heterocycles. The molecule has 2 heterocycles. The smallest absolute Gasteiger partial charge is 0.550 e. The summed E-state index contributed by atoms with van der Waals surface area (Å²) in [4.78, 5) is 15.7. The van der Waals surface area contributed by atoms with Gasteiger partial charge in [-0.05, 0) is 24.5 Å². The van der Waals surface area contributed by atoms with E-state index in [9.17, 15) is 13.2 Å². The Morgan fingerprint density at radius 2 is 2.00 bits per heavy atom. The topological polar surface area (TPSA) is 87.1 Å². The zero-order valence-electron chi connectivity index (χ0n) is 16.2. The highest BCUT2D eigenvalue weighted by Gasteiger charge is 2.31. The van der Waals surface area contributed by atoms with Crippen LogP contribution in [-0.2, 0) is 22.7 Å². The number of anilines is 1. The van der Waals surface area contributed by atoms with Crippen molar-refractivity contribution >= 4 is 46.9 Å². The predicted octanol–water partition coefficient (Wildman–Crippen LogP) is 6.36. The van der Waals surface area contributed by atoms with Gasteiger partial charge in [-0.25, -0.2) is 4.57 Å². The fraction of sp³-hybridized carbons (Fsp3) is 0.353. The molecule has 0 amide bonds. The predicted molar refractivity (Wildman–Crippen MR) is 107 cm³/mol. The second-order valence-corrected chi connectivity index (χ2v) is 6.77. The summed E-state index contributed by atoms with van der Waals surface area (Å²) in [6.07, 6.45) is -3.24. The summed E-state index contributed by atoms with van der Waals surface area (Å²) < 4.78 is 45.5. The molecule has 14 heteroatoms. The molecule has 0 N–H and O–H groups in total. The Bertz CT molecular complexity index is 1090. The summed E-state index contributed by atoms with van der Waals surface area (Å²) in [5.41, 5.74) is 2.30. The minimum absolute atomic E-state index is 0.0224. The fourth-order valence-electron chi connectivity index (χ4n) is 2.91. The van der Waals surface area contributed by atoms with Crippen molar-refractivity contribution in [1.29, 1.82) is 0 Å². The largest absolute Gasteiger partial charge is 0.603 e. The van der Waals surface area contributed by atoms with Crippen molar-refractivity contribution < 1.29 is 22.4 Å². The number of aromatic nitrogens is 2. The molecule has 1 aromatic carbocycles. The average Bonchev–Trinajstić information content (AvgIpc) is 3.04. The first kappa shape index (κ1) is 22.4. The van der Waals surface area contributed by atoms with Crippen LogP contribution < -0.4 is 4.90 Å². The second kappa shape index (κ2) is 9.22. The summed E-state index contributed by atoms with van der Waals surface area (Å²) in [5.74, 6) is -0.0482. The molecule has 162 valence electrons. The van der Waals surface area contributed by atoms with E-state index >= 15 is 0 Å². The van der Waals surface area contributed by atoms with Gasteiger partial charge < -0.3 is 19.3 Å². The third-order valence-corrected chi connectivity index (χ3v) is 4.70. The molecule has 0 saturated carbocycles. The summed E-state index contributed by atoms with van der Waals surface area (Å²) in [7, 11) is 3.42. The SMILES string of the molecule is [C-]#[N+]c1nc(N=Nc2cc3c(cc2[N-]SOOC(F)(F)F)N(C)CCC3)n(C)c1[N+]#[C-]. The minimum Gasteiger partial charge on any atom is -0.603 e. The van der Waals surface area contributed by atoms with Gasteiger partial charge >= 0.3 is 12.3 Å². The molecule has 0 unspecified atom stereocenters. The van der Waals surface area contributed by atoms with Crippen LogP contribution >= 0.6 is 12.2 Å². The van der Waals surface area contributed by atoms with E-state index in [-0.39, 0.29) is 41.2 Å². The lowest BCUT2D eigenvalue weighted by atomic mass is 10.0. The number of azo groups is 1. The van der Waals surface area contributed by atoms with Crippen LogP contribution in [0.1, 0.15) is 12.0 Å². The first-order chi connectivity index (χ1) is 14.7. The zero-order valence-corrected chi connectivity index (χ0v) is 17.0. The number of benzene rings is 1. The van der Waals surface area contributed by atoms with Gasteiger partial charge in [-0.2, -0.15) is 4.33 Å². The van der Waals surface area contributed by atoms with Gasteiger partial charge in [-0.3, -0.25) is 0 Å². The van der Waals surface area contributed by atoms with E-state index in [1.54, 1.807) is 12.1 Å². The summed E-state index contributed by atoms with van der Waals surface area (Å²) >= 11 is 0.100. The summed E-state index contributed by atoms with van der Waals surface area (Å²) in [6.45, 7) is 15.1. The number of halogens is 3. The Morgan fingerprint density at radius 3 is 2.65 bits per heavy atom. The lowest BCUT2D eigenvalue weighted by molar-refractivity contribution is -0.439. The number of hydrogen-bond donors (Lipinski definition) is 0. The van der Waals surface area contributed by atoms with Gasteiger partial charge in [0.2, 0.25) is 0 Å². The second-order valence-electron chi connectivity index (χ2n) is 6.30. The average molecular weight is 451 g/mol. The molecular weight excluding hydrogens is 437 g/mol. The van der Waals surface area contributed by atoms with Gasteiger partial charge in [0.05, 0.1) is 12.7 Å². The highest BCUT2D eigenvalue weighted by atomic mass is 32.2. The van der Waals surface area contributed by atoms with Gasteiger partial charge in [0.15, 0.2) is 0 Å². The van der Waals surface area contributed by atoms with Crippen LogP contribution in [0.4, 0.5) is 47.8 Å². The minimum atomic E-state index is -4.96. The van der Waals surface area contributed by atoms with Crippen molar-refractivity contribution in [3.63, 3.8) is 0 Å². The van der Waals surface area contributed by atoms with Crippen molar-refractivity contribution in [3.8, 4) is 0 Å². The maximum atomic E-state index is 12.1. The molecule has 3 rings (SSSR count). The van der Waals surface area contributed by atoms with Crippen molar-refractivity contribution in [3.05, 3.63) is 45.3 Å². The van der Waals surface area contributed by atoms with Crippen LogP contribution in [0.15, 0.2) is 22.4 Å². The third kappa shape index (κ3) is 5.24. The van der Waals surface area contributed by atoms with Crippen molar-refractivity contribution in [2.45, 2.75) is 19.2 Å². The molecule has 2 aromatic rings. The monoisotopic (exact) mass is 451 g/mol. The van der Waals surface area contributed by atoms with E-state index in [1.807, 2.05) is 11.9 Å². The van der Waals surface area contributed by atoms with Gasteiger partial charge in [0, 0.05) is 19.3 Å². The number of rotatable bonds is 6. The first-order valence-electron chi connectivity index (χ1n) is 8.64. The molecule has 0 fully saturated rings. The third-order valence-electron chi connectivity index (χ3n) is 4.30. The maximum absolute atomic E-state index is 12.1. The molecular formula is C17H14F3N8O2S-. The van der Waals surface area contributed by atoms with E-state index in [2.05, 4.69) is 38.8 Å². The van der Waals surface area contributed by atoms with Crippen molar-refractivity contribution in [2.75, 3.05) is 18.5 Å². The lowest BCUT2D eigenvalue weighted by Crippen LogP contribution is -2.24. The molecule has 0 aliphatic carbocycles. The Balaban J connectivity index is 1.91. The molecule has 0 bridgehead atoms. The molecule has 0 atom stereocenters.